The minimum Gasteiger partial charge on any atom is -0.256 e. The monoisotopic (exact) mass is 275 g/mol. The van der Waals surface area contributed by atoms with E-state index in [-0.39, 0.29) is 5.82 Å². The Morgan fingerprint density at radius 1 is 0.810 bits per heavy atom. The third kappa shape index (κ3) is 2.04. The lowest BCUT2D eigenvalue weighted by atomic mass is 9.85. The molecular weight excluding hydrogens is 261 g/mol. The Morgan fingerprint density at radius 3 is 2.48 bits per heavy atom. The van der Waals surface area contributed by atoms with Crippen molar-refractivity contribution in [2.75, 3.05) is 0 Å². The van der Waals surface area contributed by atoms with Gasteiger partial charge in [-0.25, -0.2) is 4.39 Å². The Balaban J connectivity index is 1.92. The van der Waals surface area contributed by atoms with Gasteiger partial charge in [0, 0.05) is 11.8 Å². The summed E-state index contributed by atoms with van der Waals surface area (Å²) in [7, 11) is 0. The van der Waals surface area contributed by atoms with Gasteiger partial charge in [0.2, 0.25) is 0 Å². The summed E-state index contributed by atoms with van der Waals surface area (Å²) in [6.07, 6.45) is 3.86. The summed E-state index contributed by atoms with van der Waals surface area (Å²) in [4.78, 5) is 4.59. The molecule has 0 saturated heterocycles. The maximum atomic E-state index is 13.1. The van der Waals surface area contributed by atoms with E-state index >= 15 is 0 Å². The van der Waals surface area contributed by atoms with Crippen LogP contribution in [0.1, 0.15) is 11.1 Å². The number of pyridine rings is 1. The molecule has 102 valence electrons. The summed E-state index contributed by atoms with van der Waals surface area (Å²) in [6.45, 7) is 0. The zero-order chi connectivity index (χ0) is 14.2. The van der Waals surface area contributed by atoms with E-state index in [2.05, 4.69) is 29.2 Å². The zero-order valence-electron chi connectivity index (χ0n) is 11.5. The van der Waals surface area contributed by atoms with Crippen molar-refractivity contribution in [3.8, 4) is 22.4 Å². The molecule has 1 aliphatic rings. The van der Waals surface area contributed by atoms with Crippen LogP contribution in [0.3, 0.4) is 0 Å². The van der Waals surface area contributed by atoms with Crippen molar-refractivity contribution in [2.45, 2.75) is 12.8 Å². The molecule has 1 aromatic heterocycles. The molecule has 0 bridgehead atoms. The van der Waals surface area contributed by atoms with E-state index < -0.39 is 0 Å². The topological polar surface area (TPSA) is 12.9 Å². The summed E-state index contributed by atoms with van der Waals surface area (Å²) < 4.78 is 13.1. The zero-order valence-corrected chi connectivity index (χ0v) is 11.5. The van der Waals surface area contributed by atoms with Gasteiger partial charge >= 0.3 is 0 Å². The van der Waals surface area contributed by atoms with Crippen LogP contribution in [0.15, 0.2) is 60.8 Å². The smallest absolute Gasteiger partial charge is 0.123 e. The first kappa shape index (κ1) is 12.3. The average Bonchev–Trinajstić information content (AvgIpc) is 2.55. The molecule has 1 nitrogen and oxygen atoms in total. The molecule has 0 unspecified atom stereocenters. The highest BCUT2D eigenvalue weighted by molar-refractivity contribution is 5.79. The summed E-state index contributed by atoms with van der Waals surface area (Å²) in [5.41, 5.74) is 7.13. The highest BCUT2D eigenvalue weighted by Gasteiger charge is 2.19. The Morgan fingerprint density at radius 2 is 1.62 bits per heavy atom. The van der Waals surface area contributed by atoms with Crippen molar-refractivity contribution in [1.29, 1.82) is 0 Å². The van der Waals surface area contributed by atoms with Crippen molar-refractivity contribution < 1.29 is 4.39 Å². The third-order valence-electron chi connectivity index (χ3n) is 4.13. The van der Waals surface area contributed by atoms with Crippen molar-refractivity contribution in [3.63, 3.8) is 0 Å². The van der Waals surface area contributed by atoms with Gasteiger partial charge in [-0.05, 0) is 53.3 Å². The number of hydrogen-bond acceptors (Lipinski definition) is 1. The van der Waals surface area contributed by atoms with Gasteiger partial charge in [-0.2, -0.15) is 0 Å². The molecule has 0 N–H and O–H groups in total. The first-order chi connectivity index (χ1) is 10.3. The van der Waals surface area contributed by atoms with Crippen LogP contribution < -0.4 is 0 Å². The van der Waals surface area contributed by atoms with E-state index in [9.17, 15) is 4.39 Å². The van der Waals surface area contributed by atoms with Gasteiger partial charge in [-0.15, -0.1) is 0 Å². The lowest BCUT2D eigenvalue weighted by Crippen LogP contribution is -2.07. The van der Waals surface area contributed by atoms with E-state index in [1.165, 1.54) is 28.8 Å². The number of aromatic nitrogens is 1. The van der Waals surface area contributed by atoms with Gasteiger partial charge in [0.25, 0.3) is 0 Å². The van der Waals surface area contributed by atoms with Crippen LogP contribution in [0.5, 0.6) is 0 Å². The Bertz CT molecular complexity index is 806. The quantitative estimate of drug-likeness (QED) is 0.629. The molecule has 0 amide bonds. The number of fused-ring (bicyclic) bond motifs is 3. The van der Waals surface area contributed by atoms with Gasteiger partial charge in [0.15, 0.2) is 0 Å². The van der Waals surface area contributed by atoms with Gasteiger partial charge < -0.3 is 0 Å². The minimum atomic E-state index is -0.202. The predicted octanol–water partition coefficient (Wildman–Crippen LogP) is 4.65. The molecule has 4 rings (SSSR count). The maximum absolute atomic E-state index is 13.1. The van der Waals surface area contributed by atoms with Crippen LogP contribution in [0, 0.1) is 5.82 Å². The van der Waals surface area contributed by atoms with Gasteiger partial charge in [-0.1, -0.05) is 36.4 Å². The van der Waals surface area contributed by atoms with Crippen LogP contribution in [0.2, 0.25) is 0 Å². The lowest BCUT2D eigenvalue weighted by Gasteiger charge is -2.21. The molecule has 0 atom stereocenters. The maximum Gasteiger partial charge on any atom is 0.123 e. The Hall–Kier alpha value is -2.48. The van der Waals surface area contributed by atoms with E-state index in [4.69, 9.17) is 0 Å². The molecule has 0 radical (unpaired) electrons. The molecule has 2 heteroatoms. The molecule has 0 spiro atoms. The average molecular weight is 275 g/mol. The van der Waals surface area contributed by atoms with E-state index in [1.807, 2.05) is 24.4 Å². The van der Waals surface area contributed by atoms with Gasteiger partial charge in [0.1, 0.15) is 5.82 Å². The van der Waals surface area contributed by atoms with Crippen molar-refractivity contribution in [3.05, 3.63) is 77.7 Å². The van der Waals surface area contributed by atoms with E-state index in [1.54, 1.807) is 0 Å². The standard InChI is InChI=1S/C19H14FN/c20-15-8-5-14(6-9-15)16-11-12-21-19-17-4-2-1-3-13(17)7-10-18(16)19/h1-6,8-9,11-12H,7,10H2. The van der Waals surface area contributed by atoms with Crippen molar-refractivity contribution in [1.82, 2.24) is 4.98 Å². The normalized spacial score (nSPS) is 12.6. The molecule has 0 aliphatic heterocycles. The summed E-state index contributed by atoms with van der Waals surface area (Å²) in [5, 5.41) is 0. The molecular formula is C19H14FN. The van der Waals surface area contributed by atoms with Crippen molar-refractivity contribution >= 4 is 0 Å². The molecule has 2 aromatic carbocycles. The number of hydrogen-bond donors (Lipinski definition) is 0. The largest absolute Gasteiger partial charge is 0.256 e. The highest BCUT2D eigenvalue weighted by atomic mass is 19.1. The second-order valence-corrected chi connectivity index (χ2v) is 5.35. The SMILES string of the molecule is Fc1ccc(-c2ccnc3c2CCc2ccccc2-3)cc1. The molecule has 3 aromatic rings. The fourth-order valence-electron chi connectivity index (χ4n) is 3.11. The van der Waals surface area contributed by atoms with Crippen LogP contribution in [0.25, 0.3) is 22.4 Å². The lowest BCUT2D eigenvalue weighted by molar-refractivity contribution is 0.628. The number of aryl methyl sites for hydroxylation is 1. The molecule has 0 fully saturated rings. The fourth-order valence-corrected chi connectivity index (χ4v) is 3.11. The number of rotatable bonds is 1. The number of halogens is 1. The van der Waals surface area contributed by atoms with Crippen LogP contribution in [-0.2, 0) is 12.8 Å². The number of benzene rings is 2. The summed E-state index contributed by atoms with van der Waals surface area (Å²) >= 11 is 0. The number of nitrogens with zero attached hydrogens (tertiary/aromatic N) is 1. The molecule has 21 heavy (non-hydrogen) atoms. The molecule has 1 aliphatic carbocycles. The summed E-state index contributed by atoms with van der Waals surface area (Å²) in [5.74, 6) is -0.202. The van der Waals surface area contributed by atoms with Gasteiger partial charge in [-0.3, -0.25) is 4.98 Å². The second-order valence-electron chi connectivity index (χ2n) is 5.35. The van der Waals surface area contributed by atoms with Crippen LogP contribution >= 0.6 is 0 Å². The van der Waals surface area contributed by atoms with E-state index in [0.717, 1.165) is 29.7 Å². The molecule has 0 saturated carbocycles. The van der Waals surface area contributed by atoms with Gasteiger partial charge in [0.05, 0.1) is 5.69 Å². The summed E-state index contributed by atoms with van der Waals surface area (Å²) in [6, 6.07) is 17.2. The van der Waals surface area contributed by atoms with Crippen LogP contribution in [-0.4, -0.2) is 4.98 Å². The van der Waals surface area contributed by atoms with E-state index in [0.29, 0.717) is 0 Å². The second kappa shape index (κ2) is 4.81. The highest BCUT2D eigenvalue weighted by Crippen LogP contribution is 2.37. The van der Waals surface area contributed by atoms with Crippen molar-refractivity contribution in [2.24, 2.45) is 0 Å². The Kier molecular flexibility index (Phi) is 2.81. The fraction of sp³-hybridized carbons (Fsp3) is 0.105. The molecule has 1 heterocycles. The van der Waals surface area contributed by atoms with Crippen LogP contribution in [0.4, 0.5) is 4.39 Å². The minimum absolute atomic E-state index is 0.202. The predicted molar refractivity (Wildman–Crippen MR) is 82.5 cm³/mol. The third-order valence-corrected chi connectivity index (χ3v) is 4.13. The Labute approximate surface area is 123 Å². The first-order valence-electron chi connectivity index (χ1n) is 7.15. The first-order valence-corrected chi connectivity index (χ1v) is 7.15.